The number of benzene rings is 4. The number of rotatable bonds is 7. The van der Waals surface area contributed by atoms with Crippen molar-refractivity contribution in [1.82, 2.24) is 0 Å². The quantitative estimate of drug-likeness (QED) is 0.379. The molecule has 1 atom stereocenters. The molecular formula is C26H24O4. The van der Waals surface area contributed by atoms with Gasteiger partial charge in [-0.3, -0.25) is 0 Å². The van der Waals surface area contributed by atoms with Gasteiger partial charge in [0.1, 0.15) is 17.6 Å². The molecule has 1 unspecified atom stereocenters. The maximum atomic E-state index is 6.04. The normalized spacial score (nSPS) is 15.5. The van der Waals surface area contributed by atoms with Crippen LogP contribution < -0.4 is 9.47 Å². The molecule has 0 aliphatic carbocycles. The smallest absolute Gasteiger partial charge is 0.127 e. The van der Waals surface area contributed by atoms with Crippen LogP contribution >= 0.6 is 0 Å². The van der Waals surface area contributed by atoms with Gasteiger partial charge in [0.2, 0.25) is 0 Å². The van der Waals surface area contributed by atoms with Gasteiger partial charge in [0.05, 0.1) is 34.0 Å². The van der Waals surface area contributed by atoms with Crippen molar-refractivity contribution >= 4 is 21.5 Å². The molecule has 1 aliphatic rings. The molecule has 1 saturated heterocycles. The monoisotopic (exact) mass is 400 g/mol. The summed E-state index contributed by atoms with van der Waals surface area (Å²) in [5, 5.41) is 4.57. The lowest BCUT2D eigenvalue weighted by molar-refractivity contribution is 0.103. The van der Waals surface area contributed by atoms with Crippen molar-refractivity contribution in [2.24, 2.45) is 0 Å². The molecule has 0 bridgehead atoms. The van der Waals surface area contributed by atoms with E-state index in [1.165, 1.54) is 5.39 Å². The Labute approximate surface area is 175 Å². The topological polar surface area (TPSA) is 40.2 Å². The Morgan fingerprint density at radius 2 is 1.47 bits per heavy atom. The molecule has 1 fully saturated rings. The number of methoxy groups -OCH3 is 2. The first-order valence-corrected chi connectivity index (χ1v) is 10.1. The minimum Gasteiger partial charge on any atom is -0.496 e. The van der Waals surface area contributed by atoms with Crippen LogP contribution in [0.25, 0.3) is 32.7 Å². The second-order valence-corrected chi connectivity index (χ2v) is 7.49. The van der Waals surface area contributed by atoms with Gasteiger partial charge in [0, 0.05) is 16.7 Å². The molecule has 0 amide bonds. The van der Waals surface area contributed by atoms with Crippen molar-refractivity contribution in [3.63, 3.8) is 0 Å². The summed E-state index contributed by atoms with van der Waals surface area (Å²) in [4.78, 5) is 0. The Morgan fingerprint density at radius 3 is 2.17 bits per heavy atom. The van der Waals surface area contributed by atoms with E-state index >= 15 is 0 Å². The summed E-state index contributed by atoms with van der Waals surface area (Å²) in [6.07, 6.45) is 0.215. The number of epoxide rings is 1. The van der Waals surface area contributed by atoms with E-state index in [9.17, 15) is 0 Å². The fourth-order valence-corrected chi connectivity index (χ4v) is 4.11. The summed E-state index contributed by atoms with van der Waals surface area (Å²) in [6, 6.07) is 23.0. The Kier molecular flexibility index (Phi) is 5.03. The lowest BCUT2D eigenvalue weighted by Gasteiger charge is -2.21. The number of hydrogen-bond acceptors (Lipinski definition) is 4. The van der Waals surface area contributed by atoms with Crippen molar-refractivity contribution < 1.29 is 18.9 Å². The molecule has 30 heavy (non-hydrogen) atoms. The van der Waals surface area contributed by atoms with Gasteiger partial charge < -0.3 is 18.9 Å². The van der Waals surface area contributed by atoms with E-state index in [1.807, 2.05) is 12.1 Å². The minimum atomic E-state index is 0.215. The average Bonchev–Trinajstić information content (AvgIpc) is 3.62. The van der Waals surface area contributed by atoms with Crippen LogP contribution in [0.3, 0.4) is 0 Å². The van der Waals surface area contributed by atoms with Crippen LogP contribution in [0.5, 0.6) is 11.5 Å². The Bertz CT molecular complexity index is 1210. The molecule has 0 saturated carbocycles. The van der Waals surface area contributed by atoms with Crippen molar-refractivity contribution in [3.8, 4) is 22.6 Å². The second kappa shape index (κ2) is 7.98. The Hall–Kier alpha value is -3.08. The summed E-state index contributed by atoms with van der Waals surface area (Å²) in [5.74, 6) is 1.65. The second-order valence-electron chi connectivity index (χ2n) is 7.49. The van der Waals surface area contributed by atoms with Gasteiger partial charge in [0.25, 0.3) is 0 Å². The maximum Gasteiger partial charge on any atom is 0.127 e. The largest absolute Gasteiger partial charge is 0.496 e. The van der Waals surface area contributed by atoms with E-state index in [0.717, 1.165) is 51.0 Å². The van der Waals surface area contributed by atoms with E-state index in [2.05, 4.69) is 54.6 Å². The summed E-state index contributed by atoms with van der Waals surface area (Å²) < 4.78 is 23.0. The molecule has 4 aromatic carbocycles. The van der Waals surface area contributed by atoms with E-state index < -0.39 is 0 Å². The fraction of sp³-hybridized carbons (Fsp3) is 0.231. The Balaban J connectivity index is 1.81. The Morgan fingerprint density at radius 1 is 0.800 bits per heavy atom. The minimum absolute atomic E-state index is 0.215. The summed E-state index contributed by atoms with van der Waals surface area (Å²) in [6.45, 7) is 1.80. The first-order chi connectivity index (χ1) is 14.8. The third kappa shape index (κ3) is 3.38. The van der Waals surface area contributed by atoms with Crippen LogP contribution in [0, 0.1) is 0 Å². The third-order valence-electron chi connectivity index (χ3n) is 5.65. The highest BCUT2D eigenvalue weighted by Crippen LogP contribution is 2.45. The standard InChI is InChI=1S/C26H24O4/c1-27-23-12-11-17-7-3-5-9-20(17)26(23)25-21-10-6-4-8-18(21)13-24(28-2)22(25)16-29-14-19-15-30-19/h3-13,19H,14-16H2,1-2H3. The zero-order valence-corrected chi connectivity index (χ0v) is 17.2. The summed E-state index contributed by atoms with van der Waals surface area (Å²) in [5.41, 5.74) is 3.17. The van der Waals surface area contributed by atoms with E-state index in [0.29, 0.717) is 13.2 Å². The van der Waals surface area contributed by atoms with Crippen LogP contribution in [0.2, 0.25) is 0 Å². The van der Waals surface area contributed by atoms with Crippen LogP contribution in [-0.2, 0) is 16.1 Å². The van der Waals surface area contributed by atoms with Crippen LogP contribution in [-0.4, -0.2) is 33.5 Å². The predicted octanol–water partition coefficient (Wildman–Crippen LogP) is 5.59. The molecule has 4 nitrogen and oxygen atoms in total. The molecule has 4 aromatic rings. The number of hydrogen-bond donors (Lipinski definition) is 0. The summed E-state index contributed by atoms with van der Waals surface area (Å²) >= 11 is 0. The van der Waals surface area contributed by atoms with Gasteiger partial charge in [-0.2, -0.15) is 0 Å². The number of fused-ring (bicyclic) bond motifs is 2. The van der Waals surface area contributed by atoms with Crippen molar-refractivity contribution in [2.75, 3.05) is 27.4 Å². The van der Waals surface area contributed by atoms with Crippen LogP contribution in [0.1, 0.15) is 5.56 Å². The first-order valence-electron chi connectivity index (χ1n) is 10.1. The molecule has 0 radical (unpaired) electrons. The highest BCUT2D eigenvalue weighted by atomic mass is 16.6. The average molecular weight is 400 g/mol. The SMILES string of the molecule is COc1cc2ccccc2c(-c2c(OC)ccc3ccccc23)c1COCC1CO1. The zero-order chi connectivity index (χ0) is 20.5. The van der Waals surface area contributed by atoms with Crippen molar-refractivity contribution in [3.05, 3.63) is 72.3 Å². The maximum absolute atomic E-state index is 6.04. The molecular weight excluding hydrogens is 376 g/mol. The predicted molar refractivity (Wildman–Crippen MR) is 119 cm³/mol. The molecule has 0 aromatic heterocycles. The highest BCUT2D eigenvalue weighted by molar-refractivity contribution is 6.09. The zero-order valence-electron chi connectivity index (χ0n) is 17.2. The van der Waals surface area contributed by atoms with Crippen LogP contribution in [0.15, 0.2) is 66.7 Å². The van der Waals surface area contributed by atoms with Crippen LogP contribution in [0.4, 0.5) is 0 Å². The lowest BCUT2D eigenvalue weighted by atomic mass is 9.89. The highest BCUT2D eigenvalue weighted by Gasteiger charge is 2.24. The fourth-order valence-electron chi connectivity index (χ4n) is 4.11. The first kappa shape index (κ1) is 18.9. The van der Waals surface area contributed by atoms with Gasteiger partial charge >= 0.3 is 0 Å². The molecule has 0 N–H and O–H groups in total. The molecule has 0 spiro atoms. The van der Waals surface area contributed by atoms with E-state index in [-0.39, 0.29) is 6.10 Å². The lowest BCUT2D eigenvalue weighted by Crippen LogP contribution is -2.05. The van der Waals surface area contributed by atoms with Gasteiger partial charge in [-0.15, -0.1) is 0 Å². The number of ether oxygens (including phenoxy) is 4. The van der Waals surface area contributed by atoms with Crippen molar-refractivity contribution in [1.29, 1.82) is 0 Å². The van der Waals surface area contributed by atoms with E-state index in [4.69, 9.17) is 18.9 Å². The summed E-state index contributed by atoms with van der Waals surface area (Å²) in [7, 11) is 3.43. The molecule has 152 valence electrons. The molecule has 1 heterocycles. The van der Waals surface area contributed by atoms with Crippen molar-refractivity contribution in [2.45, 2.75) is 12.7 Å². The molecule has 4 heteroatoms. The molecule has 1 aliphatic heterocycles. The van der Waals surface area contributed by atoms with Gasteiger partial charge in [-0.1, -0.05) is 54.6 Å². The van der Waals surface area contributed by atoms with Gasteiger partial charge in [-0.05, 0) is 33.7 Å². The van der Waals surface area contributed by atoms with Gasteiger partial charge in [0.15, 0.2) is 0 Å². The molecule has 5 rings (SSSR count). The van der Waals surface area contributed by atoms with Gasteiger partial charge in [-0.25, -0.2) is 0 Å². The van der Waals surface area contributed by atoms with E-state index in [1.54, 1.807) is 14.2 Å². The third-order valence-corrected chi connectivity index (χ3v) is 5.65.